The third kappa shape index (κ3) is 4.06. The van der Waals surface area contributed by atoms with Crippen LogP contribution in [-0.2, 0) is 4.79 Å². The van der Waals surface area contributed by atoms with Crippen LogP contribution in [-0.4, -0.2) is 45.1 Å². The number of hydrogen-bond donors (Lipinski definition) is 0. The molecule has 0 N–H and O–H groups in total. The lowest BCUT2D eigenvalue weighted by atomic mass is 10.2. The average molecular weight is 354 g/mol. The summed E-state index contributed by atoms with van der Waals surface area (Å²) < 4.78 is 5.19. The van der Waals surface area contributed by atoms with E-state index < -0.39 is 0 Å². The van der Waals surface area contributed by atoms with Crippen molar-refractivity contribution in [3.63, 3.8) is 0 Å². The van der Waals surface area contributed by atoms with Crippen LogP contribution in [0.2, 0.25) is 0 Å². The second kappa shape index (κ2) is 7.76. The number of carbonyl (C=O) groups excluding carboxylic acids is 1. The minimum atomic E-state index is 0.0568. The summed E-state index contributed by atoms with van der Waals surface area (Å²) in [6, 6.07) is 15.8. The molecule has 0 spiro atoms. The van der Waals surface area contributed by atoms with Gasteiger partial charge < -0.3 is 14.5 Å². The highest BCUT2D eigenvalue weighted by atomic mass is 32.2. The number of fused-ring (bicyclic) bond motifs is 1. The third-order valence-electron chi connectivity index (χ3n) is 4.02. The summed E-state index contributed by atoms with van der Waals surface area (Å²) in [4.78, 5) is 18.8. The molecule has 1 aliphatic heterocycles. The number of likely N-dealkylation sites (N-methyl/N-ethyl adjacent to an activating group) is 1. The van der Waals surface area contributed by atoms with Crippen molar-refractivity contribution in [2.75, 3.05) is 39.2 Å². The van der Waals surface area contributed by atoms with Crippen molar-refractivity contribution < 1.29 is 9.53 Å². The number of hydrogen-bond acceptors (Lipinski definition) is 4. The molecule has 0 fully saturated rings. The summed E-state index contributed by atoms with van der Waals surface area (Å²) in [5.74, 6) is 0.865. The highest BCUT2D eigenvalue weighted by molar-refractivity contribution is 8.04. The quantitative estimate of drug-likeness (QED) is 0.766. The lowest BCUT2D eigenvalue weighted by molar-refractivity contribution is -0.114. The van der Waals surface area contributed by atoms with Crippen LogP contribution in [0, 0.1) is 0 Å². The maximum absolute atomic E-state index is 13.0. The van der Waals surface area contributed by atoms with Crippen LogP contribution < -0.4 is 9.64 Å². The van der Waals surface area contributed by atoms with Crippen molar-refractivity contribution >= 4 is 29.4 Å². The topological polar surface area (TPSA) is 32.8 Å². The Labute approximate surface area is 153 Å². The zero-order chi connectivity index (χ0) is 17.8. The Bertz CT molecular complexity index is 785. The maximum atomic E-state index is 13.0. The SMILES string of the molecule is COc1ccc(/C=C2\Sc3ccccc3N(CCN(C)C)C2=O)cc1. The second-order valence-corrected chi connectivity index (χ2v) is 7.20. The van der Waals surface area contributed by atoms with Crippen LogP contribution >= 0.6 is 11.8 Å². The number of ether oxygens (including phenoxy) is 1. The maximum Gasteiger partial charge on any atom is 0.265 e. The third-order valence-corrected chi connectivity index (χ3v) is 5.09. The fraction of sp³-hybridized carbons (Fsp3) is 0.250. The molecule has 0 aromatic heterocycles. The van der Waals surface area contributed by atoms with E-state index in [1.54, 1.807) is 7.11 Å². The summed E-state index contributed by atoms with van der Waals surface area (Å²) in [5, 5.41) is 0. The summed E-state index contributed by atoms with van der Waals surface area (Å²) in [5.41, 5.74) is 1.98. The fourth-order valence-corrected chi connectivity index (χ4v) is 3.69. The molecule has 2 aromatic carbocycles. The lowest BCUT2D eigenvalue weighted by Crippen LogP contribution is -2.39. The number of anilines is 1. The highest BCUT2D eigenvalue weighted by Crippen LogP contribution is 2.41. The minimum absolute atomic E-state index is 0.0568. The van der Waals surface area contributed by atoms with Gasteiger partial charge in [-0.25, -0.2) is 0 Å². The van der Waals surface area contributed by atoms with E-state index in [9.17, 15) is 4.79 Å². The first-order valence-corrected chi connectivity index (χ1v) is 8.99. The molecule has 4 nitrogen and oxygen atoms in total. The van der Waals surface area contributed by atoms with Gasteiger partial charge in [0.15, 0.2) is 0 Å². The number of para-hydroxylation sites is 1. The monoisotopic (exact) mass is 354 g/mol. The minimum Gasteiger partial charge on any atom is -0.497 e. The van der Waals surface area contributed by atoms with Gasteiger partial charge in [-0.15, -0.1) is 0 Å². The number of rotatable bonds is 5. The predicted molar refractivity (Wildman–Crippen MR) is 104 cm³/mol. The van der Waals surface area contributed by atoms with Crippen LogP contribution in [0.3, 0.4) is 0 Å². The van der Waals surface area contributed by atoms with E-state index >= 15 is 0 Å². The molecule has 0 saturated heterocycles. The number of carbonyl (C=O) groups is 1. The van der Waals surface area contributed by atoms with Crippen molar-refractivity contribution in [2.24, 2.45) is 0 Å². The molecule has 0 aliphatic carbocycles. The lowest BCUT2D eigenvalue weighted by Gasteiger charge is -2.31. The van der Waals surface area contributed by atoms with E-state index in [0.29, 0.717) is 6.54 Å². The van der Waals surface area contributed by atoms with Gasteiger partial charge in [-0.2, -0.15) is 0 Å². The van der Waals surface area contributed by atoms with Gasteiger partial charge in [0.2, 0.25) is 0 Å². The summed E-state index contributed by atoms with van der Waals surface area (Å²) in [6.45, 7) is 1.49. The van der Waals surface area contributed by atoms with Crippen LogP contribution in [0.1, 0.15) is 5.56 Å². The average Bonchev–Trinajstić information content (AvgIpc) is 2.62. The van der Waals surface area contributed by atoms with E-state index in [4.69, 9.17) is 4.74 Å². The van der Waals surface area contributed by atoms with Gasteiger partial charge in [0.05, 0.1) is 17.7 Å². The van der Waals surface area contributed by atoms with Gasteiger partial charge in [0, 0.05) is 18.0 Å². The van der Waals surface area contributed by atoms with Gasteiger partial charge in [-0.3, -0.25) is 4.79 Å². The molecular weight excluding hydrogens is 332 g/mol. The molecule has 0 radical (unpaired) electrons. The normalized spacial score (nSPS) is 15.6. The fourth-order valence-electron chi connectivity index (χ4n) is 2.64. The zero-order valence-corrected chi connectivity index (χ0v) is 15.5. The van der Waals surface area contributed by atoms with E-state index in [2.05, 4.69) is 11.0 Å². The van der Waals surface area contributed by atoms with Crippen LogP contribution in [0.15, 0.2) is 58.3 Å². The smallest absolute Gasteiger partial charge is 0.265 e. The Morgan fingerprint density at radius 1 is 1.12 bits per heavy atom. The first kappa shape index (κ1) is 17.6. The van der Waals surface area contributed by atoms with E-state index in [0.717, 1.165) is 33.3 Å². The molecular formula is C20H22N2O2S. The molecule has 0 saturated carbocycles. The molecule has 130 valence electrons. The Balaban J connectivity index is 1.92. The molecule has 3 rings (SSSR count). The van der Waals surface area contributed by atoms with Crippen LogP contribution in [0.5, 0.6) is 5.75 Å². The molecule has 0 bridgehead atoms. The van der Waals surface area contributed by atoms with Gasteiger partial charge in [0.25, 0.3) is 5.91 Å². The Morgan fingerprint density at radius 3 is 2.52 bits per heavy atom. The number of methoxy groups -OCH3 is 1. The molecule has 2 aromatic rings. The number of nitrogens with zero attached hydrogens (tertiary/aromatic N) is 2. The van der Waals surface area contributed by atoms with E-state index in [1.807, 2.05) is 67.5 Å². The molecule has 1 amide bonds. The Morgan fingerprint density at radius 2 is 1.84 bits per heavy atom. The molecule has 5 heteroatoms. The molecule has 25 heavy (non-hydrogen) atoms. The molecule has 1 heterocycles. The van der Waals surface area contributed by atoms with Crippen LogP contribution in [0.4, 0.5) is 5.69 Å². The number of amides is 1. The van der Waals surface area contributed by atoms with Gasteiger partial charge in [-0.05, 0) is 50.0 Å². The zero-order valence-electron chi connectivity index (χ0n) is 14.7. The van der Waals surface area contributed by atoms with Crippen molar-refractivity contribution in [3.05, 3.63) is 59.0 Å². The Kier molecular flexibility index (Phi) is 5.46. The first-order chi connectivity index (χ1) is 12.1. The number of thioether (sulfide) groups is 1. The van der Waals surface area contributed by atoms with Gasteiger partial charge in [0.1, 0.15) is 5.75 Å². The Hall–Kier alpha value is -2.24. The summed E-state index contributed by atoms with van der Waals surface area (Å²) >= 11 is 1.53. The molecule has 0 atom stereocenters. The highest BCUT2D eigenvalue weighted by Gasteiger charge is 2.28. The standard InChI is InChI=1S/C20H22N2O2S/c1-21(2)12-13-22-17-6-4-5-7-18(17)25-19(20(22)23)14-15-8-10-16(24-3)11-9-15/h4-11,14H,12-13H2,1-3H3/b19-14-. The van der Waals surface area contributed by atoms with E-state index in [-0.39, 0.29) is 5.91 Å². The summed E-state index contributed by atoms with van der Waals surface area (Å²) in [6.07, 6.45) is 1.95. The predicted octanol–water partition coefficient (Wildman–Crippen LogP) is 3.74. The van der Waals surface area contributed by atoms with Gasteiger partial charge >= 0.3 is 0 Å². The van der Waals surface area contributed by atoms with Crippen molar-refractivity contribution in [1.82, 2.24) is 4.90 Å². The largest absolute Gasteiger partial charge is 0.497 e. The molecule has 0 unspecified atom stereocenters. The summed E-state index contributed by atoms with van der Waals surface area (Å²) in [7, 11) is 5.68. The van der Waals surface area contributed by atoms with Crippen molar-refractivity contribution in [3.8, 4) is 5.75 Å². The van der Waals surface area contributed by atoms with Crippen molar-refractivity contribution in [2.45, 2.75) is 4.90 Å². The second-order valence-electron chi connectivity index (χ2n) is 6.11. The number of benzene rings is 2. The van der Waals surface area contributed by atoms with Gasteiger partial charge in [-0.1, -0.05) is 36.0 Å². The van der Waals surface area contributed by atoms with Crippen LogP contribution in [0.25, 0.3) is 6.08 Å². The first-order valence-electron chi connectivity index (χ1n) is 8.17. The molecule has 1 aliphatic rings. The van der Waals surface area contributed by atoms with E-state index in [1.165, 1.54) is 11.8 Å². The van der Waals surface area contributed by atoms with Crippen molar-refractivity contribution in [1.29, 1.82) is 0 Å².